The first-order chi connectivity index (χ1) is 9.20. The monoisotopic (exact) mass is 295 g/mol. The highest BCUT2D eigenvalue weighted by Crippen LogP contribution is 2.24. The van der Waals surface area contributed by atoms with E-state index in [1.807, 2.05) is 0 Å². The van der Waals surface area contributed by atoms with Crippen LogP contribution in [0.15, 0.2) is 18.2 Å². The van der Waals surface area contributed by atoms with E-state index in [2.05, 4.69) is 5.32 Å². The predicted molar refractivity (Wildman–Crippen MR) is 67.3 cm³/mol. The Morgan fingerprint density at radius 1 is 1.10 bits per heavy atom. The van der Waals surface area contributed by atoms with Crippen LogP contribution in [0, 0.1) is 11.6 Å². The molecule has 0 heterocycles. The Labute approximate surface area is 115 Å². The summed E-state index contributed by atoms with van der Waals surface area (Å²) in [5.41, 5.74) is -0.0878. The zero-order valence-electron chi connectivity index (χ0n) is 11.4. The molecule has 0 aliphatic heterocycles. The molecule has 2 unspecified atom stereocenters. The third-order valence-electron chi connectivity index (χ3n) is 3.06. The minimum absolute atomic E-state index is 0.00978. The number of rotatable bonds is 6. The summed E-state index contributed by atoms with van der Waals surface area (Å²) in [5, 5.41) is 2.92. The first kappa shape index (κ1) is 16.9. The van der Waals surface area contributed by atoms with Crippen molar-refractivity contribution in [2.75, 3.05) is 0 Å². The summed E-state index contributed by atoms with van der Waals surface area (Å²) in [4.78, 5) is 0. The molecule has 1 aromatic rings. The highest BCUT2D eigenvalue weighted by atomic mass is 19.4. The molecule has 6 heteroatoms. The van der Waals surface area contributed by atoms with E-state index < -0.39 is 30.3 Å². The molecule has 0 spiro atoms. The van der Waals surface area contributed by atoms with Gasteiger partial charge in [0.05, 0.1) is 0 Å². The molecule has 20 heavy (non-hydrogen) atoms. The third-order valence-corrected chi connectivity index (χ3v) is 3.06. The van der Waals surface area contributed by atoms with E-state index in [1.54, 1.807) is 13.8 Å². The highest BCUT2D eigenvalue weighted by Gasteiger charge is 2.26. The summed E-state index contributed by atoms with van der Waals surface area (Å²) in [6.07, 6.45) is -4.73. The van der Waals surface area contributed by atoms with Crippen molar-refractivity contribution in [3.63, 3.8) is 0 Å². The van der Waals surface area contributed by atoms with Crippen LogP contribution in [0.25, 0.3) is 0 Å². The lowest BCUT2D eigenvalue weighted by atomic mass is 10.0. The van der Waals surface area contributed by atoms with Crippen molar-refractivity contribution in [1.82, 2.24) is 5.32 Å². The number of alkyl halides is 3. The van der Waals surface area contributed by atoms with Gasteiger partial charge in [-0.15, -0.1) is 0 Å². The topological polar surface area (TPSA) is 12.0 Å². The van der Waals surface area contributed by atoms with Crippen molar-refractivity contribution in [2.45, 2.75) is 51.4 Å². The number of benzene rings is 1. The van der Waals surface area contributed by atoms with Gasteiger partial charge in [0.2, 0.25) is 0 Å². The molecule has 0 fully saturated rings. The van der Waals surface area contributed by atoms with Gasteiger partial charge in [-0.1, -0.05) is 6.07 Å². The van der Waals surface area contributed by atoms with Gasteiger partial charge in [-0.2, -0.15) is 13.2 Å². The summed E-state index contributed by atoms with van der Waals surface area (Å²) < 4.78 is 63.1. The van der Waals surface area contributed by atoms with Crippen LogP contribution in [0.3, 0.4) is 0 Å². The zero-order valence-corrected chi connectivity index (χ0v) is 11.4. The fourth-order valence-corrected chi connectivity index (χ4v) is 2.13. The van der Waals surface area contributed by atoms with Crippen LogP contribution in [0.2, 0.25) is 0 Å². The van der Waals surface area contributed by atoms with E-state index in [9.17, 15) is 22.0 Å². The van der Waals surface area contributed by atoms with Gasteiger partial charge >= 0.3 is 6.18 Å². The van der Waals surface area contributed by atoms with Crippen LogP contribution in [0.4, 0.5) is 22.0 Å². The van der Waals surface area contributed by atoms with Gasteiger partial charge in [0.1, 0.15) is 11.6 Å². The smallest absolute Gasteiger partial charge is 0.308 e. The zero-order chi connectivity index (χ0) is 15.3. The Balaban J connectivity index is 2.51. The summed E-state index contributed by atoms with van der Waals surface area (Å²) in [6.45, 7) is 3.29. The van der Waals surface area contributed by atoms with Crippen LogP contribution >= 0.6 is 0 Å². The Kier molecular flexibility index (Phi) is 5.92. The molecule has 0 bridgehead atoms. The minimum atomic E-state index is -4.16. The molecule has 2 atom stereocenters. The van der Waals surface area contributed by atoms with Crippen molar-refractivity contribution in [3.05, 3.63) is 35.4 Å². The van der Waals surface area contributed by atoms with Crippen LogP contribution < -0.4 is 5.32 Å². The molecule has 1 N–H and O–H groups in total. The van der Waals surface area contributed by atoms with Gasteiger partial charge in [0, 0.05) is 24.1 Å². The molecule has 1 nitrogen and oxygen atoms in total. The summed E-state index contributed by atoms with van der Waals surface area (Å²) >= 11 is 0. The van der Waals surface area contributed by atoms with Crippen LogP contribution in [0.1, 0.15) is 44.7 Å². The normalized spacial score (nSPS) is 15.2. The van der Waals surface area contributed by atoms with Crippen molar-refractivity contribution in [3.8, 4) is 0 Å². The van der Waals surface area contributed by atoms with E-state index in [-0.39, 0.29) is 18.0 Å². The van der Waals surface area contributed by atoms with E-state index in [0.717, 1.165) is 12.1 Å². The van der Waals surface area contributed by atoms with E-state index >= 15 is 0 Å². The molecule has 0 aliphatic carbocycles. The largest absolute Gasteiger partial charge is 0.389 e. The van der Waals surface area contributed by atoms with Crippen LogP contribution in [-0.2, 0) is 0 Å². The van der Waals surface area contributed by atoms with Gasteiger partial charge < -0.3 is 5.32 Å². The minimum Gasteiger partial charge on any atom is -0.308 e. The molecule has 1 rings (SSSR count). The highest BCUT2D eigenvalue weighted by molar-refractivity contribution is 5.22. The van der Waals surface area contributed by atoms with Crippen LogP contribution in [0.5, 0.6) is 0 Å². The first-order valence-electron chi connectivity index (χ1n) is 6.47. The van der Waals surface area contributed by atoms with Crippen LogP contribution in [-0.4, -0.2) is 12.2 Å². The lowest BCUT2D eigenvalue weighted by Crippen LogP contribution is -2.30. The quantitative estimate of drug-likeness (QED) is 0.748. The number of halogens is 5. The number of hydrogen-bond donors (Lipinski definition) is 1. The summed E-state index contributed by atoms with van der Waals surface area (Å²) in [6, 6.07) is 2.73. The Morgan fingerprint density at radius 3 is 2.15 bits per heavy atom. The molecular formula is C14H18F5N. The van der Waals surface area contributed by atoms with Gasteiger partial charge in [0.25, 0.3) is 0 Å². The van der Waals surface area contributed by atoms with Crippen molar-refractivity contribution < 1.29 is 22.0 Å². The fraction of sp³-hybridized carbons (Fsp3) is 0.571. The third kappa shape index (κ3) is 5.45. The maximum atomic E-state index is 13.5. The maximum absolute atomic E-state index is 13.5. The van der Waals surface area contributed by atoms with Crippen molar-refractivity contribution in [1.29, 1.82) is 0 Å². The standard InChI is InChI=1S/C14H18F5N/c1-9(5-4-8-14(17,18)19)20-10(2)13-11(15)6-3-7-12(13)16/h3,6-7,9-10,20H,4-5,8H2,1-2H3. The second-order valence-electron chi connectivity index (χ2n) is 4.93. The average molecular weight is 295 g/mol. The molecule has 0 radical (unpaired) electrons. The summed E-state index contributed by atoms with van der Waals surface area (Å²) in [5.74, 6) is -1.32. The molecule has 0 saturated carbocycles. The molecule has 0 aliphatic rings. The Bertz CT molecular complexity index is 410. The molecule has 0 saturated heterocycles. The van der Waals surface area contributed by atoms with Crippen molar-refractivity contribution >= 4 is 0 Å². The fourth-order valence-electron chi connectivity index (χ4n) is 2.13. The number of nitrogens with one attached hydrogen (secondary N) is 1. The maximum Gasteiger partial charge on any atom is 0.389 e. The van der Waals surface area contributed by atoms with E-state index in [0.29, 0.717) is 6.42 Å². The Morgan fingerprint density at radius 2 is 1.65 bits per heavy atom. The molecular weight excluding hydrogens is 277 g/mol. The van der Waals surface area contributed by atoms with Gasteiger partial charge in [-0.05, 0) is 38.8 Å². The molecule has 0 amide bonds. The molecule has 0 aromatic heterocycles. The van der Waals surface area contributed by atoms with Crippen molar-refractivity contribution in [2.24, 2.45) is 0 Å². The van der Waals surface area contributed by atoms with Gasteiger partial charge in [-0.3, -0.25) is 0 Å². The molecule has 1 aromatic carbocycles. The lowest BCUT2D eigenvalue weighted by molar-refractivity contribution is -0.135. The van der Waals surface area contributed by atoms with E-state index in [4.69, 9.17) is 0 Å². The number of hydrogen-bond acceptors (Lipinski definition) is 1. The van der Waals surface area contributed by atoms with Gasteiger partial charge in [-0.25, -0.2) is 8.78 Å². The first-order valence-corrected chi connectivity index (χ1v) is 6.47. The predicted octanol–water partition coefficient (Wildman–Crippen LogP) is 4.74. The Hall–Kier alpha value is -1.17. The lowest BCUT2D eigenvalue weighted by Gasteiger charge is -2.21. The average Bonchev–Trinajstić information content (AvgIpc) is 2.26. The SMILES string of the molecule is CC(CCCC(F)(F)F)NC(C)c1c(F)cccc1F. The second-order valence-corrected chi connectivity index (χ2v) is 4.93. The summed E-state index contributed by atoms with van der Waals surface area (Å²) in [7, 11) is 0. The van der Waals surface area contributed by atoms with E-state index in [1.165, 1.54) is 6.07 Å². The van der Waals surface area contributed by atoms with Gasteiger partial charge in [0.15, 0.2) is 0 Å². The second kappa shape index (κ2) is 7.02. The molecule has 114 valence electrons.